The normalized spacial score (nSPS) is 16.4. The lowest BCUT2D eigenvalue weighted by atomic mass is 10.0. The molecule has 1 fully saturated rings. The number of thioether (sulfide) groups is 1. The molecule has 2 aromatic heterocycles. The summed E-state index contributed by atoms with van der Waals surface area (Å²) in [5, 5.41) is 3.06. The molecular formula is C24H28N4O2S. The molecule has 4 rings (SSSR count). The van der Waals surface area contributed by atoms with Crippen molar-refractivity contribution in [1.29, 1.82) is 0 Å². The third kappa shape index (κ3) is 5.47. The number of likely N-dealkylation sites (tertiary alicyclic amines) is 1. The number of carbonyl (C=O) groups excluding carboxylic acids is 2. The number of carbonyl (C=O) groups is 2. The van der Waals surface area contributed by atoms with Gasteiger partial charge in [-0.2, -0.15) is 0 Å². The van der Waals surface area contributed by atoms with Gasteiger partial charge < -0.3 is 14.6 Å². The van der Waals surface area contributed by atoms with Gasteiger partial charge >= 0.3 is 0 Å². The van der Waals surface area contributed by atoms with Gasteiger partial charge in [-0.15, -0.1) is 11.8 Å². The number of amides is 2. The Morgan fingerprint density at radius 3 is 2.81 bits per heavy atom. The summed E-state index contributed by atoms with van der Waals surface area (Å²) in [6.45, 7) is 3.32. The van der Waals surface area contributed by atoms with Crippen LogP contribution < -0.4 is 5.32 Å². The van der Waals surface area contributed by atoms with Crippen molar-refractivity contribution in [3.63, 3.8) is 0 Å². The zero-order chi connectivity index (χ0) is 21.6. The number of rotatable bonds is 7. The van der Waals surface area contributed by atoms with Gasteiger partial charge in [0.1, 0.15) is 5.65 Å². The number of benzene rings is 1. The van der Waals surface area contributed by atoms with Gasteiger partial charge in [-0.1, -0.05) is 13.0 Å². The van der Waals surface area contributed by atoms with Gasteiger partial charge in [-0.3, -0.25) is 9.59 Å². The monoisotopic (exact) mass is 436 g/mol. The van der Waals surface area contributed by atoms with Crippen LogP contribution in [0.3, 0.4) is 0 Å². The Kier molecular flexibility index (Phi) is 6.92. The average molecular weight is 437 g/mol. The lowest BCUT2D eigenvalue weighted by Crippen LogP contribution is -2.49. The molecule has 2 amide bonds. The van der Waals surface area contributed by atoms with Crippen molar-refractivity contribution in [2.75, 3.05) is 13.1 Å². The maximum absolute atomic E-state index is 12.9. The molecule has 0 spiro atoms. The predicted molar refractivity (Wildman–Crippen MR) is 123 cm³/mol. The lowest BCUT2D eigenvalue weighted by Gasteiger charge is -2.33. The van der Waals surface area contributed by atoms with E-state index in [1.54, 1.807) is 11.8 Å². The number of hydrogen-bond acceptors (Lipinski definition) is 4. The van der Waals surface area contributed by atoms with Crippen molar-refractivity contribution in [1.82, 2.24) is 19.6 Å². The van der Waals surface area contributed by atoms with Crippen LogP contribution in [0.5, 0.6) is 0 Å². The number of hydrogen-bond donors (Lipinski definition) is 1. The highest BCUT2D eigenvalue weighted by Gasteiger charge is 2.25. The van der Waals surface area contributed by atoms with Crippen LogP contribution in [-0.2, 0) is 10.5 Å². The smallest absolute Gasteiger partial charge is 0.253 e. The summed E-state index contributed by atoms with van der Waals surface area (Å²) in [4.78, 5) is 32.4. The molecule has 31 heavy (non-hydrogen) atoms. The topological polar surface area (TPSA) is 66.7 Å². The molecule has 6 nitrogen and oxygen atoms in total. The van der Waals surface area contributed by atoms with Crippen LogP contribution >= 0.6 is 11.8 Å². The molecule has 1 atom stereocenters. The van der Waals surface area contributed by atoms with E-state index in [0.29, 0.717) is 18.5 Å². The molecule has 0 aliphatic carbocycles. The molecule has 1 saturated heterocycles. The Morgan fingerprint density at radius 2 is 2.03 bits per heavy atom. The first-order chi connectivity index (χ1) is 15.1. The summed E-state index contributed by atoms with van der Waals surface area (Å²) in [6.07, 6.45) is 7.26. The lowest BCUT2D eigenvalue weighted by molar-refractivity contribution is -0.122. The zero-order valence-electron chi connectivity index (χ0n) is 17.8. The van der Waals surface area contributed by atoms with Gasteiger partial charge in [-0.25, -0.2) is 4.98 Å². The van der Waals surface area contributed by atoms with Gasteiger partial charge in [0.25, 0.3) is 5.91 Å². The van der Waals surface area contributed by atoms with Gasteiger partial charge in [0.05, 0.1) is 5.69 Å². The second-order valence-corrected chi connectivity index (χ2v) is 8.97. The molecule has 1 unspecified atom stereocenters. The summed E-state index contributed by atoms with van der Waals surface area (Å²) < 4.78 is 2.02. The molecule has 3 aromatic rings. The SMILES string of the molecule is CCCC(=O)NC1CCCN(C(=O)c2ccc(SCc3cn4ccccc4n3)cc2)C1. The molecule has 0 bridgehead atoms. The van der Waals surface area contributed by atoms with Crippen molar-refractivity contribution in [2.24, 2.45) is 0 Å². The van der Waals surface area contributed by atoms with Crippen molar-refractivity contribution in [2.45, 2.75) is 49.3 Å². The van der Waals surface area contributed by atoms with E-state index in [1.165, 1.54) is 0 Å². The number of aromatic nitrogens is 2. The van der Waals surface area contributed by atoms with Crippen LogP contribution in [0.1, 0.15) is 48.7 Å². The summed E-state index contributed by atoms with van der Waals surface area (Å²) in [7, 11) is 0. The van der Waals surface area contributed by atoms with E-state index in [1.807, 2.05) is 71.1 Å². The minimum absolute atomic E-state index is 0.0336. The van der Waals surface area contributed by atoms with Crippen molar-refractivity contribution in [3.8, 4) is 0 Å². The fourth-order valence-electron chi connectivity index (χ4n) is 3.90. The van der Waals surface area contributed by atoms with Crippen LogP contribution in [0.2, 0.25) is 0 Å². The Hall–Kier alpha value is -2.80. The van der Waals surface area contributed by atoms with E-state index >= 15 is 0 Å². The zero-order valence-corrected chi connectivity index (χ0v) is 18.6. The van der Waals surface area contributed by atoms with E-state index in [-0.39, 0.29) is 17.9 Å². The Morgan fingerprint density at radius 1 is 1.19 bits per heavy atom. The van der Waals surface area contributed by atoms with E-state index in [4.69, 9.17) is 0 Å². The molecule has 1 aromatic carbocycles. The number of pyridine rings is 1. The van der Waals surface area contributed by atoms with Crippen LogP contribution in [0, 0.1) is 0 Å². The molecule has 1 aliphatic rings. The highest BCUT2D eigenvalue weighted by Crippen LogP contribution is 2.24. The number of imidazole rings is 1. The second kappa shape index (κ2) is 10.0. The van der Waals surface area contributed by atoms with Crippen LogP contribution in [0.25, 0.3) is 5.65 Å². The number of nitrogens with one attached hydrogen (secondary N) is 1. The number of piperidine rings is 1. The van der Waals surface area contributed by atoms with E-state index in [0.717, 1.165) is 47.8 Å². The van der Waals surface area contributed by atoms with E-state index < -0.39 is 0 Å². The third-order valence-corrected chi connectivity index (χ3v) is 6.50. The van der Waals surface area contributed by atoms with Crippen LogP contribution in [-0.4, -0.2) is 45.2 Å². The first kappa shape index (κ1) is 21.4. The average Bonchev–Trinajstić information content (AvgIpc) is 3.21. The van der Waals surface area contributed by atoms with Gasteiger partial charge in [0, 0.05) is 54.2 Å². The molecule has 0 saturated carbocycles. The molecule has 1 N–H and O–H groups in total. The summed E-state index contributed by atoms with van der Waals surface area (Å²) in [5.74, 6) is 0.889. The quantitative estimate of drug-likeness (QED) is 0.565. The molecule has 162 valence electrons. The fraction of sp³-hybridized carbons (Fsp3) is 0.375. The molecule has 0 radical (unpaired) electrons. The summed E-state index contributed by atoms with van der Waals surface area (Å²) >= 11 is 1.71. The Labute approximate surface area is 187 Å². The van der Waals surface area contributed by atoms with Crippen LogP contribution in [0.15, 0.2) is 59.8 Å². The molecular weight excluding hydrogens is 408 g/mol. The maximum atomic E-state index is 12.9. The predicted octanol–water partition coefficient (Wildman–Crippen LogP) is 4.15. The highest BCUT2D eigenvalue weighted by atomic mass is 32.2. The summed E-state index contributed by atoms with van der Waals surface area (Å²) in [5.41, 5.74) is 2.67. The van der Waals surface area contributed by atoms with Crippen molar-refractivity contribution in [3.05, 3.63) is 66.1 Å². The van der Waals surface area contributed by atoms with E-state index in [2.05, 4.69) is 10.3 Å². The second-order valence-electron chi connectivity index (χ2n) is 7.92. The molecule has 3 heterocycles. The Balaban J connectivity index is 1.32. The highest BCUT2D eigenvalue weighted by molar-refractivity contribution is 7.98. The van der Waals surface area contributed by atoms with Gasteiger partial charge in [0.2, 0.25) is 5.91 Å². The minimum Gasteiger partial charge on any atom is -0.352 e. The van der Waals surface area contributed by atoms with Crippen LogP contribution in [0.4, 0.5) is 0 Å². The van der Waals surface area contributed by atoms with Crippen molar-refractivity contribution < 1.29 is 9.59 Å². The minimum atomic E-state index is 0.0336. The number of nitrogens with zero attached hydrogens (tertiary/aromatic N) is 3. The standard InChI is InChI=1S/C24H28N4O2S/c1-2-6-23(29)26-19-7-5-14-28(15-19)24(30)18-9-11-21(12-10-18)31-17-20-16-27-13-4-3-8-22(27)25-20/h3-4,8-13,16,19H,2,5-7,14-15,17H2,1H3,(H,26,29). The fourth-order valence-corrected chi connectivity index (χ4v) is 4.68. The van der Waals surface area contributed by atoms with Gasteiger partial charge in [-0.05, 0) is 55.7 Å². The largest absolute Gasteiger partial charge is 0.352 e. The maximum Gasteiger partial charge on any atom is 0.253 e. The first-order valence-electron chi connectivity index (χ1n) is 10.9. The summed E-state index contributed by atoms with van der Waals surface area (Å²) in [6, 6.07) is 13.8. The number of fused-ring (bicyclic) bond motifs is 1. The van der Waals surface area contributed by atoms with Crippen molar-refractivity contribution >= 4 is 29.2 Å². The van der Waals surface area contributed by atoms with E-state index in [9.17, 15) is 9.59 Å². The molecule has 7 heteroatoms. The first-order valence-corrected chi connectivity index (χ1v) is 11.8. The molecule has 1 aliphatic heterocycles. The van der Waals surface area contributed by atoms with Gasteiger partial charge in [0.15, 0.2) is 0 Å². The third-order valence-electron chi connectivity index (χ3n) is 5.45. The Bertz CT molecular complexity index is 1010.